The second kappa shape index (κ2) is 15.8. The molecule has 0 aliphatic heterocycles. The predicted molar refractivity (Wildman–Crippen MR) is 163 cm³/mol. The lowest BCUT2D eigenvalue weighted by atomic mass is 9.97. The van der Waals surface area contributed by atoms with Crippen molar-refractivity contribution in [3.05, 3.63) is 70.3 Å². The molecule has 0 bridgehead atoms. The van der Waals surface area contributed by atoms with Gasteiger partial charge in [-0.05, 0) is 81.4 Å². The fraction of sp³-hybridized carbons (Fsp3) is 0.455. The molecule has 1 N–H and O–H groups in total. The highest BCUT2D eigenvalue weighted by atomic mass is 16.6. The Labute approximate surface area is 230 Å². The minimum absolute atomic E-state index is 0.390. The van der Waals surface area contributed by atoms with Crippen molar-refractivity contribution >= 4 is 30.0 Å². The van der Waals surface area contributed by atoms with Crippen LogP contribution < -0.4 is 20.5 Å². The highest BCUT2D eigenvalue weighted by Crippen LogP contribution is 2.15. The number of carbonyl (C=O) groups is 1. The third kappa shape index (κ3) is 11.4. The van der Waals surface area contributed by atoms with E-state index in [-0.39, 0.29) is 0 Å². The summed E-state index contributed by atoms with van der Waals surface area (Å²) in [6.45, 7) is 22.5. The number of aryl methyl sites for hydroxylation is 1. The van der Waals surface area contributed by atoms with Gasteiger partial charge in [-0.15, -0.1) is 0 Å². The monoisotopic (exact) mass is 520 g/mol. The predicted octanol–water partition coefficient (Wildman–Crippen LogP) is 7.67. The fourth-order valence-corrected chi connectivity index (χ4v) is 3.42. The summed E-state index contributed by atoms with van der Waals surface area (Å²) in [5.41, 5.74) is 3.60. The zero-order valence-corrected chi connectivity index (χ0v) is 25.1. The van der Waals surface area contributed by atoms with Crippen molar-refractivity contribution in [2.45, 2.75) is 80.8 Å². The lowest BCUT2D eigenvalue weighted by Gasteiger charge is -2.20. The molecule has 0 saturated carbocycles. The number of pyridine rings is 1. The van der Waals surface area contributed by atoms with Crippen LogP contribution in [0.4, 0.5) is 10.5 Å². The van der Waals surface area contributed by atoms with Crippen LogP contribution in [0.1, 0.15) is 79.4 Å². The molecule has 0 saturated heterocycles. The molecule has 0 spiro atoms. The molecular weight excluding hydrogens is 472 g/mol. The van der Waals surface area contributed by atoms with Crippen LogP contribution in [0.3, 0.4) is 0 Å². The molecule has 1 amide bonds. The summed E-state index contributed by atoms with van der Waals surface area (Å²) >= 11 is 0. The van der Waals surface area contributed by atoms with Crippen LogP contribution in [0, 0.1) is 18.8 Å². The Morgan fingerprint density at radius 2 is 1.87 bits per heavy atom. The Hall–Kier alpha value is -3.34. The molecular formula is C33H48N2O3. The number of nitrogens with zero attached hydrogens (tertiary/aromatic N) is 1. The number of carbonyl (C=O) groups excluding carboxylic acids is 1. The first-order valence-electron chi connectivity index (χ1n) is 13.5. The summed E-state index contributed by atoms with van der Waals surface area (Å²) in [5, 5.41) is 5.01. The second-order valence-electron chi connectivity index (χ2n) is 10.6. The van der Waals surface area contributed by atoms with Gasteiger partial charge < -0.3 is 9.47 Å². The number of hydrogen-bond donors (Lipinski definition) is 1. The first-order valence-corrected chi connectivity index (χ1v) is 13.5. The molecule has 2 unspecified atom stereocenters. The molecule has 1 heterocycles. The number of amides is 1. The molecule has 0 radical (unpaired) electrons. The largest absolute Gasteiger partial charge is 0.481 e. The molecule has 1 aromatic carbocycles. The van der Waals surface area contributed by atoms with Gasteiger partial charge in [-0.1, -0.05) is 76.6 Å². The average Bonchev–Trinajstić information content (AvgIpc) is 2.85. The van der Waals surface area contributed by atoms with Gasteiger partial charge in [0.2, 0.25) is 5.88 Å². The van der Waals surface area contributed by atoms with E-state index in [1.807, 2.05) is 71.2 Å². The number of ether oxygens (including phenoxy) is 2. The van der Waals surface area contributed by atoms with E-state index in [0.717, 1.165) is 45.7 Å². The lowest BCUT2D eigenvalue weighted by Crippen LogP contribution is -2.33. The molecule has 0 fully saturated rings. The topological polar surface area (TPSA) is 60.5 Å². The van der Waals surface area contributed by atoms with Gasteiger partial charge in [-0.25, -0.2) is 9.78 Å². The van der Waals surface area contributed by atoms with E-state index in [0.29, 0.717) is 17.7 Å². The van der Waals surface area contributed by atoms with Crippen molar-refractivity contribution in [3.63, 3.8) is 0 Å². The number of methoxy groups -OCH3 is 1. The Morgan fingerprint density at radius 1 is 1.18 bits per heavy atom. The van der Waals surface area contributed by atoms with Crippen LogP contribution in [0.2, 0.25) is 0 Å². The Bertz CT molecular complexity index is 1210. The highest BCUT2D eigenvalue weighted by Gasteiger charge is 2.16. The summed E-state index contributed by atoms with van der Waals surface area (Å²) in [6.07, 6.45) is 11.8. The third-order valence-electron chi connectivity index (χ3n) is 6.13. The number of aromatic nitrogens is 1. The normalized spacial score (nSPS) is 13.9. The Balaban J connectivity index is 0.000000499. The van der Waals surface area contributed by atoms with Crippen molar-refractivity contribution in [3.8, 4) is 5.88 Å². The summed E-state index contributed by atoms with van der Waals surface area (Å²) in [5.74, 6) is 1.51. The van der Waals surface area contributed by atoms with Crippen LogP contribution in [0.15, 0.2) is 48.7 Å². The van der Waals surface area contributed by atoms with Gasteiger partial charge in [0.1, 0.15) is 5.60 Å². The summed E-state index contributed by atoms with van der Waals surface area (Å²) < 4.78 is 10.4. The smallest absolute Gasteiger partial charge is 0.412 e. The second-order valence-corrected chi connectivity index (χ2v) is 10.6. The van der Waals surface area contributed by atoms with Gasteiger partial charge in [0.15, 0.2) is 0 Å². The van der Waals surface area contributed by atoms with E-state index < -0.39 is 11.7 Å². The van der Waals surface area contributed by atoms with Gasteiger partial charge in [0, 0.05) is 17.5 Å². The van der Waals surface area contributed by atoms with Gasteiger partial charge in [-0.3, -0.25) is 5.32 Å². The van der Waals surface area contributed by atoms with E-state index in [2.05, 4.69) is 62.8 Å². The molecule has 2 rings (SSSR count). The SMILES string of the molecule is C/C=C\c1cc(OC)ncc1C.C=C(/C=c1/c(NC(=O)OC(C)(C)C)ccc/c1=C/C(C)CC)C(C)CC. The number of rotatable bonds is 8. The standard InChI is InChI=1S/C23H35NO2.C10H13NO/c1-9-16(3)14-19-12-11-13-21(24-22(25)26-23(6,7)8)20(19)15-18(5)17(4)10-2;1-4-5-9-6-10(12-3)11-7-8(9)2/h11-17H,5,9-10H2,1-4,6-8H3,(H,24,25);4-7H,1-3H3/b19-14-,20-15+;5-4-. The van der Waals surface area contributed by atoms with Gasteiger partial charge in [0.25, 0.3) is 0 Å². The summed E-state index contributed by atoms with van der Waals surface area (Å²) in [7, 11) is 1.62. The molecule has 2 atom stereocenters. The third-order valence-corrected chi connectivity index (χ3v) is 6.13. The van der Waals surface area contributed by atoms with Crippen LogP contribution in [0.5, 0.6) is 5.88 Å². The molecule has 1 aromatic heterocycles. The highest BCUT2D eigenvalue weighted by molar-refractivity contribution is 5.85. The van der Waals surface area contributed by atoms with Gasteiger partial charge in [0.05, 0.1) is 12.8 Å². The molecule has 5 heteroatoms. The van der Waals surface area contributed by atoms with Crippen molar-refractivity contribution in [2.75, 3.05) is 12.4 Å². The van der Waals surface area contributed by atoms with E-state index in [4.69, 9.17) is 9.47 Å². The van der Waals surface area contributed by atoms with Crippen molar-refractivity contribution < 1.29 is 14.3 Å². The van der Waals surface area contributed by atoms with E-state index in [1.165, 1.54) is 0 Å². The minimum atomic E-state index is -0.533. The number of hydrogen-bond acceptors (Lipinski definition) is 4. The Morgan fingerprint density at radius 3 is 2.42 bits per heavy atom. The van der Waals surface area contributed by atoms with Gasteiger partial charge >= 0.3 is 6.09 Å². The number of nitrogens with one attached hydrogen (secondary N) is 1. The summed E-state index contributed by atoms with van der Waals surface area (Å²) in [6, 6.07) is 7.88. The maximum atomic E-state index is 12.3. The molecule has 38 heavy (non-hydrogen) atoms. The van der Waals surface area contributed by atoms with Crippen LogP contribution in [-0.4, -0.2) is 23.8 Å². The Kier molecular flexibility index (Phi) is 13.6. The van der Waals surface area contributed by atoms with Crippen molar-refractivity contribution in [1.82, 2.24) is 4.98 Å². The van der Waals surface area contributed by atoms with Gasteiger partial charge in [-0.2, -0.15) is 0 Å². The van der Waals surface area contributed by atoms with E-state index in [1.54, 1.807) is 7.11 Å². The lowest BCUT2D eigenvalue weighted by molar-refractivity contribution is 0.0636. The summed E-state index contributed by atoms with van der Waals surface area (Å²) in [4.78, 5) is 16.3. The quantitative estimate of drug-likeness (QED) is 0.388. The van der Waals surface area contributed by atoms with Crippen molar-refractivity contribution in [2.24, 2.45) is 11.8 Å². The van der Waals surface area contributed by atoms with Crippen molar-refractivity contribution in [1.29, 1.82) is 0 Å². The average molecular weight is 521 g/mol. The van der Waals surface area contributed by atoms with E-state index >= 15 is 0 Å². The molecule has 2 aromatic rings. The zero-order valence-electron chi connectivity index (χ0n) is 25.1. The molecule has 208 valence electrons. The number of anilines is 1. The first kappa shape index (κ1) is 32.7. The molecule has 5 nitrogen and oxygen atoms in total. The zero-order chi connectivity index (χ0) is 28.9. The van der Waals surface area contributed by atoms with Crippen LogP contribution in [-0.2, 0) is 4.74 Å². The molecule has 0 aliphatic rings. The maximum Gasteiger partial charge on any atom is 0.412 e. The first-order chi connectivity index (χ1) is 17.8. The molecule has 0 aliphatic carbocycles. The van der Waals surface area contributed by atoms with Crippen LogP contribution >= 0.6 is 0 Å². The van der Waals surface area contributed by atoms with E-state index in [9.17, 15) is 4.79 Å². The number of allylic oxidation sites excluding steroid dienone is 2. The fourth-order valence-electron chi connectivity index (χ4n) is 3.42. The minimum Gasteiger partial charge on any atom is -0.481 e. The van der Waals surface area contributed by atoms with Crippen LogP contribution in [0.25, 0.3) is 18.2 Å². The number of benzene rings is 1. The maximum absolute atomic E-state index is 12.3.